The van der Waals surface area contributed by atoms with Crippen LogP contribution in [0.4, 0.5) is 10.1 Å². The predicted molar refractivity (Wildman–Crippen MR) is 193 cm³/mol. The number of aryl methyl sites for hydroxylation is 1. The molecule has 0 spiro atoms. The third-order valence-corrected chi connectivity index (χ3v) is 9.10. The van der Waals surface area contributed by atoms with Gasteiger partial charge in [-0.05, 0) is 77.3 Å². The number of benzene rings is 4. The van der Waals surface area contributed by atoms with E-state index in [1.54, 1.807) is 48.5 Å². The summed E-state index contributed by atoms with van der Waals surface area (Å²) in [6.45, 7) is 8.12. The van der Waals surface area contributed by atoms with Crippen LogP contribution in [-0.2, 0) is 21.3 Å². The minimum atomic E-state index is -4.14. The van der Waals surface area contributed by atoms with E-state index in [0.717, 1.165) is 16.7 Å². The van der Waals surface area contributed by atoms with Crippen LogP contribution in [-0.4, -0.2) is 30.4 Å². The molecular weight excluding hydrogens is 672 g/mol. The first-order valence-corrected chi connectivity index (χ1v) is 17.8. The topological polar surface area (TPSA) is 101 Å². The Morgan fingerprint density at radius 1 is 0.938 bits per heavy atom. The number of nitrogens with one attached hydrogen (secondary N) is 1. The molecule has 10 heteroatoms. The van der Waals surface area contributed by atoms with Gasteiger partial charge in [0.25, 0.3) is 10.1 Å². The quantitative estimate of drug-likeness (QED) is 0.113. The highest BCUT2D eigenvalue weighted by Gasteiger charge is 2.24. The maximum atomic E-state index is 15.5. The van der Waals surface area contributed by atoms with Crippen molar-refractivity contribution in [1.29, 1.82) is 0 Å². The minimum absolute atomic E-state index is 0.00180. The molecule has 0 heterocycles. The number of hydrogen-bond donors (Lipinski definition) is 2. The molecule has 0 saturated carbocycles. The summed E-state index contributed by atoms with van der Waals surface area (Å²) in [4.78, 5) is 26.4. The number of carbonyl (C=O) groups excluding carboxylic acids is 2. The number of Topliss-reactive ketones (excluding diaryl/α,β-unsaturated/α-hetero) is 1. The van der Waals surface area contributed by atoms with Crippen molar-refractivity contribution in [1.82, 2.24) is 0 Å². The lowest BCUT2D eigenvalue weighted by molar-refractivity contribution is -0.117. The molecule has 4 aromatic carbocycles. The van der Waals surface area contributed by atoms with Crippen LogP contribution in [0, 0.1) is 18.2 Å². The number of halogens is 3. The number of ketones is 1. The van der Waals surface area contributed by atoms with Crippen molar-refractivity contribution in [3.05, 3.63) is 129 Å². The zero-order chi connectivity index (χ0) is 35.2. The Labute approximate surface area is 291 Å². The van der Waals surface area contributed by atoms with E-state index < -0.39 is 33.5 Å². The van der Waals surface area contributed by atoms with Crippen molar-refractivity contribution in [2.75, 3.05) is 11.1 Å². The van der Waals surface area contributed by atoms with Gasteiger partial charge in [-0.1, -0.05) is 111 Å². The van der Waals surface area contributed by atoms with Crippen LogP contribution in [0.5, 0.6) is 0 Å². The molecule has 0 radical (unpaired) electrons. The van der Waals surface area contributed by atoms with Crippen molar-refractivity contribution in [3.63, 3.8) is 0 Å². The standard InChI is InChI=1S/C38H38Cl2FNO5S/c1-24-20-35(34(41)23-31(24)30-16-15-29(39)22-33(30)40)42-37(44)32(27-11-7-25(8-12-27)17-18-38(2,3)4)21-26-9-13-28(14-10-26)36(43)6-5-19-48(45,46)47/h7-18,20,22-23,32H,5-6,19,21H2,1-4H3,(H,42,44)(H,45,46,47)/b18-17+. The molecule has 0 bridgehead atoms. The number of rotatable bonds is 12. The van der Waals surface area contributed by atoms with Crippen LogP contribution < -0.4 is 5.32 Å². The molecule has 1 unspecified atom stereocenters. The summed E-state index contributed by atoms with van der Waals surface area (Å²) in [7, 11) is -4.14. The summed E-state index contributed by atoms with van der Waals surface area (Å²) in [5.41, 5.74) is 4.81. The molecule has 1 atom stereocenters. The van der Waals surface area contributed by atoms with Crippen LogP contribution >= 0.6 is 23.2 Å². The van der Waals surface area contributed by atoms with Gasteiger partial charge in [0.15, 0.2) is 5.78 Å². The Kier molecular flexibility index (Phi) is 12.0. The lowest BCUT2D eigenvalue weighted by Crippen LogP contribution is -2.24. The van der Waals surface area contributed by atoms with Gasteiger partial charge in [-0.15, -0.1) is 0 Å². The van der Waals surface area contributed by atoms with Crippen LogP contribution in [0.1, 0.15) is 72.1 Å². The van der Waals surface area contributed by atoms with Crippen molar-refractivity contribution in [3.8, 4) is 11.1 Å². The number of anilines is 1. The van der Waals surface area contributed by atoms with Crippen LogP contribution in [0.25, 0.3) is 17.2 Å². The first-order chi connectivity index (χ1) is 22.5. The van der Waals surface area contributed by atoms with E-state index in [1.807, 2.05) is 37.3 Å². The highest BCUT2D eigenvalue weighted by atomic mass is 35.5. The van der Waals surface area contributed by atoms with Crippen molar-refractivity contribution < 1.29 is 27.0 Å². The van der Waals surface area contributed by atoms with E-state index in [9.17, 15) is 18.0 Å². The van der Waals surface area contributed by atoms with Crippen LogP contribution in [0.3, 0.4) is 0 Å². The monoisotopic (exact) mass is 709 g/mol. The summed E-state index contributed by atoms with van der Waals surface area (Å²) in [5, 5.41) is 3.64. The average Bonchev–Trinajstić information content (AvgIpc) is 3.00. The van der Waals surface area contributed by atoms with Gasteiger partial charge in [0.1, 0.15) is 5.82 Å². The fraction of sp³-hybridized carbons (Fsp3) is 0.263. The Hall–Kier alpha value is -3.82. The second-order valence-electron chi connectivity index (χ2n) is 12.9. The molecule has 1 amide bonds. The van der Waals surface area contributed by atoms with Gasteiger partial charge in [0, 0.05) is 27.6 Å². The van der Waals surface area contributed by atoms with Crippen molar-refractivity contribution >= 4 is 56.8 Å². The Balaban J connectivity index is 1.60. The van der Waals surface area contributed by atoms with Crippen LogP contribution in [0.2, 0.25) is 10.0 Å². The summed E-state index contributed by atoms with van der Waals surface area (Å²) in [6.07, 6.45) is 4.36. The first-order valence-electron chi connectivity index (χ1n) is 15.4. The van der Waals surface area contributed by atoms with Gasteiger partial charge in [-0.3, -0.25) is 14.1 Å². The highest BCUT2D eigenvalue weighted by Crippen LogP contribution is 2.35. The maximum absolute atomic E-state index is 15.5. The molecule has 0 fully saturated rings. The highest BCUT2D eigenvalue weighted by molar-refractivity contribution is 7.85. The molecule has 4 aromatic rings. The molecule has 0 aliphatic carbocycles. The normalized spacial score (nSPS) is 12.7. The second-order valence-corrected chi connectivity index (χ2v) is 15.3. The number of amides is 1. The van der Waals surface area contributed by atoms with E-state index >= 15 is 4.39 Å². The third-order valence-electron chi connectivity index (χ3n) is 7.75. The van der Waals surface area contributed by atoms with Gasteiger partial charge in [0.2, 0.25) is 5.91 Å². The van der Waals surface area contributed by atoms with Gasteiger partial charge in [0.05, 0.1) is 17.4 Å². The largest absolute Gasteiger partial charge is 0.323 e. The second kappa shape index (κ2) is 15.6. The van der Waals surface area contributed by atoms with Gasteiger partial charge >= 0.3 is 0 Å². The number of carbonyl (C=O) groups is 2. The van der Waals surface area contributed by atoms with E-state index in [0.29, 0.717) is 32.3 Å². The molecule has 48 heavy (non-hydrogen) atoms. The molecule has 0 aromatic heterocycles. The molecular formula is C38H38Cl2FNO5S. The third kappa shape index (κ3) is 10.6. The number of hydrogen-bond acceptors (Lipinski definition) is 4. The Bertz CT molecular complexity index is 1930. The molecule has 0 saturated heterocycles. The minimum Gasteiger partial charge on any atom is -0.323 e. The summed E-state index contributed by atoms with van der Waals surface area (Å²) in [6, 6.07) is 22.3. The van der Waals surface area contributed by atoms with Crippen molar-refractivity contribution in [2.45, 2.75) is 52.9 Å². The summed E-state index contributed by atoms with van der Waals surface area (Å²) in [5.74, 6) is -2.47. The smallest absolute Gasteiger partial charge is 0.264 e. The molecule has 252 valence electrons. The molecule has 0 aliphatic rings. The first kappa shape index (κ1) is 37.0. The van der Waals surface area contributed by atoms with Gasteiger partial charge < -0.3 is 5.32 Å². The van der Waals surface area contributed by atoms with E-state index in [4.69, 9.17) is 27.8 Å². The average molecular weight is 711 g/mol. The molecule has 2 N–H and O–H groups in total. The lowest BCUT2D eigenvalue weighted by Gasteiger charge is -2.19. The number of allylic oxidation sites excluding steroid dienone is 1. The van der Waals surface area contributed by atoms with Gasteiger partial charge in [-0.25, -0.2) is 4.39 Å². The lowest BCUT2D eigenvalue weighted by atomic mass is 9.89. The zero-order valence-corrected chi connectivity index (χ0v) is 29.5. The molecule has 4 rings (SSSR count). The maximum Gasteiger partial charge on any atom is 0.264 e. The molecule has 6 nitrogen and oxygen atoms in total. The Morgan fingerprint density at radius 2 is 1.60 bits per heavy atom. The fourth-order valence-corrected chi connectivity index (χ4v) is 6.18. The zero-order valence-electron chi connectivity index (χ0n) is 27.2. The summed E-state index contributed by atoms with van der Waals surface area (Å²) < 4.78 is 46.4. The van der Waals surface area contributed by atoms with E-state index in [2.05, 4.69) is 32.2 Å². The SMILES string of the molecule is Cc1cc(NC(=O)C(Cc2ccc(C(=O)CCCS(=O)(=O)O)cc2)c2ccc(/C=C/C(C)(C)C)cc2)c(F)cc1-c1ccc(Cl)cc1Cl. The van der Waals surface area contributed by atoms with E-state index in [1.165, 1.54) is 6.07 Å². The molecule has 0 aliphatic heterocycles. The Morgan fingerprint density at radius 3 is 2.21 bits per heavy atom. The summed E-state index contributed by atoms with van der Waals surface area (Å²) >= 11 is 12.4. The van der Waals surface area contributed by atoms with E-state index in [-0.39, 0.29) is 36.1 Å². The van der Waals surface area contributed by atoms with Crippen LogP contribution in [0.15, 0.2) is 84.9 Å². The predicted octanol–water partition coefficient (Wildman–Crippen LogP) is 9.98. The van der Waals surface area contributed by atoms with Crippen molar-refractivity contribution in [2.24, 2.45) is 5.41 Å². The fourth-order valence-electron chi connectivity index (χ4n) is 5.16. The van der Waals surface area contributed by atoms with Gasteiger partial charge in [-0.2, -0.15) is 8.42 Å².